The summed E-state index contributed by atoms with van der Waals surface area (Å²) < 4.78 is 19.8. The fourth-order valence-corrected chi connectivity index (χ4v) is 5.66. The van der Waals surface area contributed by atoms with Crippen molar-refractivity contribution in [2.75, 3.05) is 13.7 Å². The average Bonchev–Trinajstić information content (AvgIpc) is 2.69. The molecule has 0 aliphatic carbocycles. The molecule has 0 atom stereocenters. The molecule has 2 nitrogen and oxygen atoms in total. The van der Waals surface area contributed by atoms with Crippen LogP contribution in [0.4, 0.5) is 0 Å². The highest BCUT2D eigenvalue weighted by molar-refractivity contribution is 7.82. The van der Waals surface area contributed by atoms with E-state index >= 15 is 0 Å². The summed E-state index contributed by atoms with van der Waals surface area (Å²) in [5.74, 6) is 0. The van der Waals surface area contributed by atoms with Crippen molar-refractivity contribution in [2.24, 2.45) is 0 Å². The number of benzene rings is 3. The lowest BCUT2D eigenvalue weighted by molar-refractivity contribution is 0.231. The van der Waals surface area contributed by atoms with Crippen LogP contribution in [0, 0.1) is 0 Å². The van der Waals surface area contributed by atoms with Crippen LogP contribution >= 0.6 is 7.14 Å². The van der Waals surface area contributed by atoms with Gasteiger partial charge in [0.25, 0.3) is 0 Å². The first-order valence-corrected chi connectivity index (χ1v) is 9.92. The fraction of sp³-hybridized carbons (Fsp3) is 0.0909. The Hall–Kier alpha value is -2.41. The van der Waals surface area contributed by atoms with Gasteiger partial charge < -0.3 is 9.30 Å². The normalized spacial score (nSPS) is 12.1. The van der Waals surface area contributed by atoms with Crippen LogP contribution in [0.25, 0.3) is 6.08 Å². The van der Waals surface area contributed by atoms with Crippen LogP contribution in [0.2, 0.25) is 0 Å². The van der Waals surface area contributed by atoms with E-state index in [4.69, 9.17) is 4.74 Å². The van der Waals surface area contributed by atoms with E-state index in [1.54, 1.807) is 7.11 Å². The van der Waals surface area contributed by atoms with Crippen LogP contribution in [-0.4, -0.2) is 13.7 Å². The zero-order valence-electron chi connectivity index (χ0n) is 14.2. The van der Waals surface area contributed by atoms with Crippen molar-refractivity contribution >= 4 is 23.8 Å². The van der Waals surface area contributed by atoms with E-state index in [0.717, 1.165) is 21.5 Å². The van der Waals surface area contributed by atoms with Gasteiger partial charge in [-0.25, -0.2) is 0 Å². The molecule has 3 aromatic rings. The van der Waals surface area contributed by atoms with Crippen LogP contribution in [0.1, 0.15) is 5.56 Å². The minimum absolute atomic E-state index is 0.315. The first kappa shape index (κ1) is 17.4. The van der Waals surface area contributed by atoms with Crippen LogP contribution in [0.5, 0.6) is 0 Å². The minimum atomic E-state index is -2.98. The van der Waals surface area contributed by atoms with Gasteiger partial charge in [-0.1, -0.05) is 91.0 Å². The highest BCUT2D eigenvalue weighted by Gasteiger charge is 2.31. The Morgan fingerprint density at radius 3 is 1.68 bits per heavy atom. The second kappa shape index (κ2) is 8.11. The lowest BCUT2D eigenvalue weighted by Gasteiger charge is -2.22. The molecule has 0 spiro atoms. The summed E-state index contributed by atoms with van der Waals surface area (Å²) in [7, 11) is -1.34. The molecule has 3 heteroatoms. The van der Waals surface area contributed by atoms with E-state index in [0.29, 0.717) is 6.61 Å². The molecule has 126 valence electrons. The molecule has 3 aromatic carbocycles. The van der Waals surface area contributed by atoms with E-state index in [9.17, 15) is 4.57 Å². The number of methoxy groups -OCH3 is 1. The predicted molar refractivity (Wildman–Crippen MR) is 106 cm³/mol. The van der Waals surface area contributed by atoms with Crippen molar-refractivity contribution in [3.63, 3.8) is 0 Å². The van der Waals surface area contributed by atoms with Crippen molar-refractivity contribution < 1.29 is 9.30 Å². The summed E-state index contributed by atoms with van der Waals surface area (Å²) in [4.78, 5) is 0. The average molecular weight is 348 g/mol. The minimum Gasteiger partial charge on any atom is -0.380 e. The Bertz CT molecular complexity index is 828. The zero-order valence-corrected chi connectivity index (χ0v) is 15.1. The first-order valence-electron chi connectivity index (χ1n) is 8.21. The largest absolute Gasteiger partial charge is 0.380 e. The quantitative estimate of drug-likeness (QED) is 0.604. The Kier molecular flexibility index (Phi) is 5.65. The molecule has 3 rings (SSSR count). The third kappa shape index (κ3) is 3.82. The van der Waals surface area contributed by atoms with Gasteiger partial charge in [-0.2, -0.15) is 0 Å². The number of hydrogen-bond acceptors (Lipinski definition) is 2. The Balaban J connectivity index is 2.22. The second-order valence-corrected chi connectivity index (χ2v) is 8.59. The van der Waals surface area contributed by atoms with Gasteiger partial charge in [0.05, 0.1) is 6.61 Å². The second-order valence-electron chi connectivity index (χ2n) is 5.76. The van der Waals surface area contributed by atoms with Gasteiger partial charge in [0.2, 0.25) is 0 Å². The van der Waals surface area contributed by atoms with Crippen LogP contribution in [-0.2, 0) is 9.30 Å². The molecule has 0 amide bonds. The van der Waals surface area contributed by atoms with E-state index in [1.807, 2.05) is 97.1 Å². The maximum Gasteiger partial charge on any atom is 0.169 e. The molecule has 0 N–H and O–H groups in total. The van der Waals surface area contributed by atoms with Gasteiger partial charge in [0, 0.05) is 23.0 Å². The van der Waals surface area contributed by atoms with E-state index in [-0.39, 0.29) is 0 Å². The zero-order chi connectivity index (χ0) is 17.5. The molecule has 0 heterocycles. The standard InChI is InChI=1S/C22H21O2P/c1-24-18-22(17-19-11-5-2-6-12-19)25(23,20-13-7-3-8-14-20)21-15-9-4-10-16-21/h2-17H,18H2,1H3/b22-17+. The molecule has 0 bridgehead atoms. The molecule has 0 aliphatic rings. The van der Waals surface area contributed by atoms with E-state index in [1.165, 1.54) is 0 Å². The molecule has 0 aliphatic heterocycles. The summed E-state index contributed by atoms with van der Waals surface area (Å²) in [6.07, 6.45) is 1.99. The Labute approximate surface area is 149 Å². The van der Waals surface area contributed by atoms with Crippen molar-refractivity contribution in [3.8, 4) is 0 Å². The van der Waals surface area contributed by atoms with Gasteiger partial charge in [-0.15, -0.1) is 0 Å². The van der Waals surface area contributed by atoms with Crippen LogP contribution < -0.4 is 10.6 Å². The van der Waals surface area contributed by atoms with Gasteiger partial charge in [0.1, 0.15) is 0 Å². The third-order valence-electron chi connectivity index (χ3n) is 4.07. The summed E-state index contributed by atoms with van der Waals surface area (Å²) in [5, 5.41) is 2.43. The fourth-order valence-electron chi connectivity index (χ4n) is 2.87. The smallest absolute Gasteiger partial charge is 0.169 e. The monoisotopic (exact) mass is 348 g/mol. The molecule has 0 aromatic heterocycles. The molecule has 0 fully saturated rings. The molecule has 0 unspecified atom stereocenters. The van der Waals surface area contributed by atoms with Crippen molar-refractivity contribution in [1.82, 2.24) is 0 Å². The SMILES string of the molecule is COC/C(=C\c1ccccc1)P(=O)(c1ccccc1)c1ccccc1. The topological polar surface area (TPSA) is 26.3 Å². The number of hydrogen-bond donors (Lipinski definition) is 0. The number of ether oxygens (including phenoxy) is 1. The maximum absolute atomic E-state index is 14.4. The summed E-state index contributed by atoms with van der Waals surface area (Å²) in [5.41, 5.74) is 1.02. The van der Waals surface area contributed by atoms with Gasteiger partial charge in [-0.05, 0) is 11.6 Å². The molecule has 0 radical (unpaired) electrons. The third-order valence-corrected chi connectivity index (χ3v) is 7.19. The van der Waals surface area contributed by atoms with Gasteiger partial charge in [0.15, 0.2) is 7.14 Å². The van der Waals surface area contributed by atoms with E-state index in [2.05, 4.69) is 0 Å². The molecule has 0 saturated carbocycles. The first-order chi connectivity index (χ1) is 12.2. The lowest BCUT2D eigenvalue weighted by atomic mass is 10.2. The Morgan fingerprint density at radius 1 is 0.800 bits per heavy atom. The summed E-state index contributed by atoms with van der Waals surface area (Å²) >= 11 is 0. The molecule has 0 saturated heterocycles. The van der Waals surface area contributed by atoms with E-state index < -0.39 is 7.14 Å². The van der Waals surface area contributed by atoms with Crippen molar-refractivity contribution in [2.45, 2.75) is 0 Å². The number of rotatable bonds is 6. The van der Waals surface area contributed by atoms with Crippen molar-refractivity contribution in [1.29, 1.82) is 0 Å². The summed E-state index contributed by atoms with van der Waals surface area (Å²) in [6.45, 7) is 0.315. The highest BCUT2D eigenvalue weighted by atomic mass is 31.2. The molecular weight excluding hydrogens is 327 g/mol. The van der Waals surface area contributed by atoms with Crippen molar-refractivity contribution in [3.05, 3.63) is 102 Å². The van der Waals surface area contributed by atoms with Crippen LogP contribution in [0.3, 0.4) is 0 Å². The molecular formula is C22H21O2P. The van der Waals surface area contributed by atoms with Gasteiger partial charge >= 0.3 is 0 Å². The summed E-state index contributed by atoms with van der Waals surface area (Å²) in [6, 6.07) is 29.3. The van der Waals surface area contributed by atoms with Crippen LogP contribution in [0.15, 0.2) is 96.3 Å². The highest BCUT2D eigenvalue weighted by Crippen LogP contribution is 2.52. The molecule has 25 heavy (non-hydrogen) atoms. The predicted octanol–water partition coefficient (Wildman–Crippen LogP) is 4.69. The Morgan fingerprint density at radius 2 is 1.24 bits per heavy atom. The van der Waals surface area contributed by atoms with Gasteiger partial charge in [-0.3, -0.25) is 0 Å². The maximum atomic E-state index is 14.4. The lowest BCUT2D eigenvalue weighted by Crippen LogP contribution is -2.19.